The Bertz CT molecular complexity index is 651. The minimum atomic E-state index is -0.562. The summed E-state index contributed by atoms with van der Waals surface area (Å²) in [4.78, 5) is 22.3. The smallest absolute Gasteiger partial charge is 0.287 e. The highest BCUT2D eigenvalue weighted by atomic mass is 16.6. The van der Waals surface area contributed by atoms with Gasteiger partial charge in [0.1, 0.15) is 5.69 Å². The van der Waals surface area contributed by atoms with Crippen LogP contribution in [0.4, 0.5) is 5.69 Å². The molecule has 1 heterocycles. The van der Waals surface area contributed by atoms with E-state index in [1.54, 1.807) is 31.3 Å². The molecule has 0 bridgehead atoms. The number of amides is 1. The van der Waals surface area contributed by atoms with E-state index >= 15 is 0 Å². The number of aromatic nitrogens is 1. The lowest BCUT2D eigenvalue weighted by molar-refractivity contribution is -0.384. The summed E-state index contributed by atoms with van der Waals surface area (Å²) < 4.78 is 1.38. The summed E-state index contributed by atoms with van der Waals surface area (Å²) >= 11 is 0. The number of nitrogens with zero attached hydrogens (tertiary/aromatic N) is 2. The van der Waals surface area contributed by atoms with Crippen LogP contribution in [0, 0.1) is 10.1 Å². The normalized spacial score (nSPS) is 11.9. The Morgan fingerprint density at radius 1 is 1.43 bits per heavy atom. The quantitative estimate of drug-likeness (QED) is 0.642. The molecule has 110 valence electrons. The third-order valence-electron chi connectivity index (χ3n) is 3.12. The molecular formula is C14H15N3O4. The first-order valence-corrected chi connectivity index (χ1v) is 6.30. The van der Waals surface area contributed by atoms with Gasteiger partial charge in [0.15, 0.2) is 0 Å². The average Bonchev–Trinajstić information content (AvgIpc) is 2.88. The average molecular weight is 289 g/mol. The van der Waals surface area contributed by atoms with Crippen LogP contribution in [0.1, 0.15) is 22.1 Å². The lowest BCUT2D eigenvalue weighted by Gasteiger charge is -2.16. The molecule has 1 aromatic carbocycles. The summed E-state index contributed by atoms with van der Waals surface area (Å²) in [7, 11) is 1.55. The molecule has 0 saturated heterocycles. The van der Waals surface area contributed by atoms with Crippen LogP contribution in [0.15, 0.2) is 42.6 Å². The second-order valence-electron chi connectivity index (χ2n) is 4.57. The highest BCUT2D eigenvalue weighted by Gasteiger charge is 2.20. The number of hydrogen-bond donors (Lipinski definition) is 2. The van der Waals surface area contributed by atoms with Crippen molar-refractivity contribution in [3.63, 3.8) is 0 Å². The van der Waals surface area contributed by atoms with Crippen LogP contribution in [-0.4, -0.2) is 27.1 Å². The maximum absolute atomic E-state index is 12.2. The number of benzene rings is 1. The summed E-state index contributed by atoms with van der Waals surface area (Å²) in [6.07, 6.45) is 1.27. The standard InChI is InChI=1S/C14H15N3O4/c1-16-8-11(17(20)21)7-13(16)14(19)15-12(9-18)10-5-3-2-4-6-10/h2-8,12,18H,9H2,1H3,(H,15,19)/t12-/m1/s1. The fraction of sp³-hybridized carbons (Fsp3) is 0.214. The van der Waals surface area contributed by atoms with Crippen molar-refractivity contribution in [2.75, 3.05) is 6.61 Å². The number of nitrogens with one attached hydrogen (secondary N) is 1. The number of aliphatic hydroxyl groups is 1. The molecule has 0 saturated carbocycles. The van der Waals surface area contributed by atoms with Gasteiger partial charge >= 0.3 is 0 Å². The summed E-state index contributed by atoms with van der Waals surface area (Å²) in [6, 6.07) is 9.65. The van der Waals surface area contributed by atoms with E-state index in [1.807, 2.05) is 6.07 Å². The maximum atomic E-state index is 12.2. The first-order valence-electron chi connectivity index (χ1n) is 6.30. The highest BCUT2D eigenvalue weighted by Crippen LogP contribution is 2.17. The van der Waals surface area contributed by atoms with Gasteiger partial charge in [-0.2, -0.15) is 0 Å². The molecule has 2 N–H and O–H groups in total. The monoisotopic (exact) mass is 289 g/mol. The van der Waals surface area contributed by atoms with E-state index in [1.165, 1.54) is 16.8 Å². The Balaban J connectivity index is 2.19. The molecule has 0 spiro atoms. The minimum absolute atomic E-state index is 0.150. The van der Waals surface area contributed by atoms with Gasteiger partial charge < -0.3 is 15.0 Å². The predicted molar refractivity (Wildman–Crippen MR) is 75.8 cm³/mol. The van der Waals surface area contributed by atoms with Gasteiger partial charge in [0, 0.05) is 13.1 Å². The van der Waals surface area contributed by atoms with Crippen LogP contribution in [0.25, 0.3) is 0 Å². The van der Waals surface area contributed by atoms with Crippen LogP contribution < -0.4 is 5.32 Å². The van der Waals surface area contributed by atoms with Crippen LogP contribution >= 0.6 is 0 Å². The van der Waals surface area contributed by atoms with Crippen molar-refractivity contribution in [1.82, 2.24) is 9.88 Å². The second kappa shape index (κ2) is 6.19. The van der Waals surface area contributed by atoms with Gasteiger partial charge in [-0.15, -0.1) is 0 Å². The number of nitro groups is 1. The molecule has 2 aromatic rings. The molecule has 0 aliphatic rings. The molecule has 2 rings (SSSR count). The summed E-state index contributed by atoms with van der Waals surface area (Å²) in [5, 5.41) is 22.8. The van der Waals surface area contributed by atoms with Gasteiger partial charge in [0.25, 0.3) is 11.6 Å². The third kappa shape index (κ3) is 3.26. The number of hydrogen-bond acceptors (Lipinski definition) is 4. The van der Waals surface area contributed by atoms with Crippen molar-refractivity contribution >= 4 is 11.6 Å². The Labute approximate surface area is 121 Å². The number of rotatable bonds is 5. The van der Waals surface area contributed by atoms with Gasteiger partial charge in [0.2, 0.25) is 0 Å². The zero-order valence-corrected chi connectivity index (χ0v) is 11.4. The molecule has 0 aliphatic carbocycles. The maximum Gasteiger partial charge on any atom is 0.287 e. The highest BCUT2D eigenvalue weighted by molar-refractivity contribution is 5.93. The molecule has 0 unspecified atom stereocenters. The van der Waals surface area contributed by atoms with E-state index in [0.717, 1.165) is 5.56 Å². The number of aliphatic hydroxyl groups excluding tert-OH is 1. The van der Waals surface area contributed by atoms with E-state index < -0.39 is 16.9 Å². The number of carbonyl (C=O) groups excluding carboxylic acids is 1. The second-order valence-corrected chi connectivity index (χ2v) is 4.57. The fourth-order valence-electron chi connectivity index (χ4n) is 2.02. The van der Waals surface area contributed by atoms with Gasteiger partial charge in [0.05, 0.1) is 23.8 Å². The molecule has 1 aromatic heterocycles. The van der Waals surface area contributed by atoms with Crippen molar-refractivity contribution in [2.24, 2.45) is 7.05 Å². The zero-order valence-electron chi connectivity index (χ0n) is 11.4. The van der Waals surface area contributed by atoms with Crippen LogP contribution in [-0.2, 0) is 7.05 Å². The van der Waals surface area contributed by atoms with Gasteiger partial charge in [-0.05, 0) is 5.56 Å². The molecule has 21 heavy (non-hydrogen) atoms. The Kier molecular flexibility index (Phi) is 4.34. The molecule has 7 nitrogen and oxygen atoms in total. The van der Waals surface area contributed by atoms with E-state index in [4.69, 9.17) is 0 Å². The minimum Gasteiger partial charge on any atom is -0.394 e. The predicted octanol–water partition coefficient (Wildman–Crippen LogP) is 1.40. The molecule has 0 fully saturated rings. The Hall–Kier alpha value is -2.67. The molecular weight excluding hydrogens is 274 g/mol. The first kappa shape index (κ1) is 14.7. The summed E-state index contributed by atoms with van der Waals surface area (Å²) in [5.41, 5.74) is 0.774. The van der Waals surface area contributed by atoms with Crippen molar-refractivity contribution < 1.29 is 14.8 Å². The van der Waals surface area contributed by atoms with Gasteiger partial charge in [-0.1, -0.05) is 30.3 Å². The number of carbonyl (C=O) groups is 1. The van der Waals surface area contributed by atoms with Crippen LogP contribution in [0.2, 0.25) is 0 Å². The van der Waals surface area contributed by atoms with E-state index in [-0.39, 0.29) is 18.0 Å². The number of aryl methyl sites for hydroxylation is 1. The van der Waals surface area contributed by atoms with Crippen LogP contribution in [0.3, 0.4) is 0 Å². The lowest BCUT2D eigenvalue weighted by atomic mass is 10.1. The zero-order chi connectivity index (χ0) is 15.4. The third-order valence-corrected chi connectivity index (χ3v) is 3.12. The Morgan fingerprint density at radius 3 is 2.62 bits per heavy atom. The molecule has 0 aliphatic heterocycles. The summed E-state index contributed by atoms with van der Waals surface area (Å²) in [5.74, 6) is -0.478. The topological polar surface area (TPSA) is 97.4 Å². The van der Waals surface area contributed by atoms with E-state index in [2.05, 4.69) is 5.32 Å². The van der Waals surface area contributed by atoms with Crippen molar-refractivity contribution in [2.45, 2.75) is 6.04 Å². The SMILES string of the molecule is Cn1cc([N+](=O)[O-])cc1C(=O)N[C@H](CO)c1ccccc1. The lowest BCUT2D eigenvalue weighted by Crippen LogP contribution is -2.31. The Morgan fingerprint density at radius 2 is 2.10 bits per heavy atom. The molecule has 1 atom stereocenters. The molecule has 7 heteroatoms. The summed E-state index contributed by atoms with van der Waals surface area (Å²) in [6.45, 7) is -0.262. The molecule has 0 radical (unpaired) electrons. The first-order chi connectivity index (χ1) is 10.0. The van der Waals surface area contributed by atoms with E-state index in [9.17, 15) is 20.0 Å². The van der Waals surface area contributed by atoms with Crippen LogP contribution in [0.5, 0.6) is 0 Å². The van der Waals surface area contributed by atoms with Crippen molar-refractivity contribution in [3.05, 3.63) is 64.0 Å². The van der Waals surface area contributed by atoms with Crippen molar-refractivity contribution in [1.29, 1.82) is 0 Å². The van der Waals surface area contributed by atoms with Crippen molar-refractivity contribution in [3.8, 4) is 0 Å². The molecule has 1 amide bonds. The van der Waals surface area contributed by atoms with E-state index in [0.29, 0.717) is 0 Å². The van der Waals surface area contributed by atoms with Gasteiger partial charge in [-0.25, -0.2) is 0 Å². The van der Waals surface area contributed by atoms with Gasteiger partial charge in [-0.3, -0.25) is 14.9 Å². The largest absolute Gasteiger partial charge is 0.394 e. The fourth-order valence-corrected chi connectivity index (χ4v) is 2.02.